The van der Waals surface area contributed by atoms with Crippen LogP contribution in [0.25, 0.3) is 0 Å². The lowest BCUT2D eigenvalue weighted by Crippen LogP contribution is -1.98. The Hall–Kier alpha value is -0.340. The van der Waals surface area contributed by atoms with Crippen molar-refractivity contribution in [3.63, 3.8) is 0 Å². The lowest BCUT2D eigenvalue weighted by molar-refractivity contribution is -0.110. The van der Waals surface area contributed by atoms with Crippen LogP contribution in [-0.2, 0) is 9.59 Å². The van der Waals surface area contributed by atoms with Crippen LogP contribution in [0, 0.1) is 0 Å². The molecule has 0 atom stereocenters. The van der Waals surface area contributed by atoms with E-state index < -0.39 is 10.5 Å². The van der Waals surface area contributed by atoms with Crippen LogP contribution in [0.2, 0.25) is 0 Å². The summed E-state index contributed by atoms with van der Waals surface area (Å²) in [6.07, 6.45) is 0. The molecule has 0 aromatic carbocycles. The quantitative estimate of drug-likeness (QED) is 0.481. The molecule has 0 unspecified atom stereocenters. The van der Waals surface area contributed by atoms with E-state index in [9.17, 15) is 9.59 Å². The number of rotatable bonds is 2. The minimum atomic E-state index is -0.647. The zero-order valence-electron chi connectivity index (χ0n) is 5.57. The molecule has 0 fully saturated rings. The maximum atomic E-state index is 10.4. The molecular weight excluding hydrogens is 175 g/mol. The van der Waals surface area contributed by atoms with E-state index in [1.807, 2.05) is 0 Å². The number of allylic oxidation sites excluding steroid dienone is 2. The summed E-state index contributed by atoms with van der Waals surface area (Å²) < 4.78 is 0. The van der Waals surface area contributed by atoms with Crippen molar-refractivity contribution in [3.05, 3.63) is 11.1 Å². The SMILES string of the molecule is C/C(C(=O)Cl)=C(\C)C(=O)Cl. The van der Waals surface area contributed by atoms with Crippen molar-refractivity contribution in [3.8, 4) is 0 Å². The van der Waals surface area contributed by atoms with E-state index in [4.69, 9.17) is 23.2 Å². The summed E-state index contributed by atoms with van der Waals surface area (Å²) in [5, 5.41) is -1.29. The molecule has 10 heavy (non-hydrogen) atoms. The van der Waals surface area contributed by atoms with Crippen molar-refractivity contribution < 1.29 is 9.59 Å². The predicted octanol–water partition coefficient (Wildman–Crippen LogP) is 1.85. The molecule has 0 aromatic rings. The normalized spacial score (nSPS) is 12.4. The number of carbonyl (C=O) groups is 2. The number of hydrogen-bond acceptors (Lipinski definition) is 2. The summed E-state index contributed by atoms with van der Waals surface area (Å²) in [4.78, 5) is 20.8. The van der Waals surface area contributed by atoms with Gasteiger partial charge in [0.25, 0.3) is 0 Å². The average Bonchev–Trinajstić information content (AvgIpc) is 1.84. The highest BCUT2D eigenvalue weighted by molar-refractivity contribution is 6.71. The second-order valence-electron chi connectivity index (χ2n) is 1.80. The van der Waals surface area contributed by atoms with Gasteiger partial charge in [-0.3, -0.25) is 9.59 Å². The fourth-order valence-electron chi connectivity index (χ4n) is 0.295. The Kier molecular flexibility index (Phi) is 3.61. The van der Waals surface area contributed by atoms with Gasteiger partial charge in [0, 0.05) is 11.1 Å². The first-order chi connectivity index (χ1) is 4.46. The van der Waals surface area contributed by atoms with Crippen LogP contribution in [0.3, 0.4) is 0 Å². The Balaban J connectivity index is 4.67. The first-order valence-electron chi connectivity index (χ1n) is 2.54. The first-order valence-corrected chi connectivity index (χ1v) is 3.29. The molecule has 0 spiro atoms. The first kappa shape index (κ1) is 9.66. The molecule has 0 aliphatic carbocycles. The molecule has 56 valence electrons. The summed E-state index contributed by atoms with van der Waals surface area (Å²) in [5.41, 5.74) is 0.392. The topological polar surface area (TPSA) is 34.1 Å². The molecule has 0 amide bonds. The molecule has 2 nitrogen and oxygen atoms in total. The zero-order valence-corrected chi connectivity index (χ0v) is 7.08. The third-order valence-corrected chi connectivity index (χ3v) is 1.72. The van der Waals surface area contributed by atoms with Crippen molar-refractivity contribution >= 4 is 33.7 Å². The lowest BCUT2D eigenvalue weighted by atomic mass is 10.2. The Labute approximate surface area is 68.8 Å². The van der Waals surface area contributed by atoms with Crippen molar-refractivity contribution in [2.45, 2.75) is 13.8 Å². The Bertz CT molecular complexity index is 184. The summed E-state index contributed by atoms with van der Waals surface area (Å²) in [5.74, 6) is 0. The van der Waals surface area contributed by atoms with Gasteiger partial charge in [-0.2, -0.15) is 0 Å². The van der Waals surface area contributed by atoms with Gasteiger partial charge in [-0.15, -0.1) is 0 Å². The third kappa shape index (κ3) is 2.50. The fourth-order valence-corrected chi connectivity index (χ4v) is 0.578. The van der Waals surface area contributed by atoms with Crippen molar-refractivity contribution in [2.24, 2.45) is 0 Å². The minimum absolute atomic E-state index is 0.196. The smallest absolute Gasteiger partial charge is 0.248 e. The van der Waals surface area contributed by atoms with E-state index in [1.165, 1.54) is 13.8 Å². The van der Waals surface area contributed by atoms with Crippen molar-refractivity contribution in [2.75, 3.05) is 0 Å². The van der Waals surface area contributed by atoms with Gasteiger partial charge in [0.15, 0.2) is 0 Å². The van der Waals surface area contributed by atoms with E-state index in [0.29, 0.717) is 0 Å². The highest BCUT2D eigenvalue weighted by Gasteiger charge is 2.08. The van der Waals surface area contributed by atoms with Gasteiger partial charge < -0.3 is 0 Å². The Morgan fingerprint density at radius 1 is 0.900 bits per heavy atom. The second-order valence-corrected chi connectivity index (χ2v) is 2.48. The average molecular weight is 181 g/mol. The summed E-state index contributed by atoms with van der Waals surface area (Å²) in [6, 6.07) is 0. The second kappa shape index (κ2) is 3.74. The van der Waals surface area contributed by atoms with E-state index in [1.54, 1.807) is 0 Å². The van der Waals surface area contributed by atoms with Gasteiger partial charge in [0.1, 0.15) is 0 Å². The largest absolute Gasteiger partial charge is 0.276 e. The lowest BCUT2D eigenvalue weighted by Gasteiger charge is -1.94. The van der Waals surface area contributed by atoms with Gasteiger partial charge in [0.2, 0.25) is 10.5 Å². The van der Waals surface area contributed by atoms with Gasteiger partial charge in [0.05, 0.1) is 0 Å². The maximum Gasteiger partial charge on any atom is 0.248 e. The van der Waals surface area contributed by atoms with E-state index in [0.717, 1.165) is 0 Å². The fraction of sp³-hybridized carbons (Fsp3) is 0.333. The zero-order chi connectivity index (χ0) is 8.31. The highest BCUT2D eigenvalue weighted by atomic mass is 35.5. The van der Waals surface area contributed by atoms with Gasteiger partial charge in [-0.25, -0.2) is 0 Å². The minimum Gasteiger partial charge on any atom is -0.276 e. The van der Waals surface area contributed by atoms with Crippen LogP contribution >= 0.6 is 23.2 Å². The number of halogens is 2. The van der Waals surface area contributed by atoms with Crippen LogP contribution in [-0.4, -0.2) is 10.5 Å². The summed E-state index contributed by atoms with van der Waals surface area (Å²) in [7, 11) is 0. The van der Waals surface area contributed by atoms with Crippen molar-refractivity contribution in [1.29, 1.82) is 0 Å². The van der Waals surface area contributed by atoms with Crippen LogP contribution in [0.4, 0.5) is 0 Å². The van der Waals surface area contributed by atoms with Gasteiger partial charge in [-0.1, -0.05) is 0 Å². The highest BCUT2D eigenvalue weighted by Crippen LogP contribution is 2.09. The number of carbonyl (C=O) groups excluding carboxylic acids is 2. The van der Waals surface area contributed by atoms with Gasteiger partial charge in [-0.05, 0) is 37.0 Å². The molecule has 0 aromatic heterocycles. The predicted molar refractivity (Wildman–Crippen MR) is 40.1 cm³/mol. The summed E-state index contributed by atoms with van der Waals surface area (Å²) >= 11 is 10.1. The molecule has 0 rings (SSSR count). The van der Waals surface area contributed by atoms with Crippen molar-refractivity contribution in [1.82, 2.24) is 0 Å². The molecular formula is C6H6Cl2O2. The van der Waals surface area contributed by atoms with E-state index >= 15 is 0 Å². The maximum absolute atomic E-state index is 10.4. The number of hydrogen-bond donors (Lipinski definition) is 0. The Morgan fingerprint density at radius 2 is 1.10 bits per heavy atom. The molecule has 0 saturated heterocycles. The standard InChI is InChI=1S/C6H6Cl2O2/c1-3(5(7)9)4(2)6(8)10/h1-2H3/b4-3-. The molecule has 0 saturated carbocycles. The van der Waals surface area contributed by atoms with Gasteiger partial charge >= 0.3 is 0 Å². The molecule has 0 heterocycles. The molecule has 0 N–H and O–H groups in total. The third-order valence-electron chi connectivity index (χ3n) is 1.15. The van der Waals surface area contributed by atoms with Crippen LogP contribution < -0.4 is 0 Å². The molecule has 0 aliphatic rings. The molecule has 4 heteroatoms. The molecule has 0 radical (unpaired) electrons. The monoisotopic (exact) mass is 180 g/mol. The molecule has 0 aliphatic heterocycles. The van der Waals surface area contributed by atoms with Crippen LogP contribution in [0.1, 0.15) is 13.8 Å². The Morgan fingerprint density at radius 3 is 1.20 bits per heavy atom. The summed E-state index contributed by atoms with van der Waals surface area (Å²) in [6.45, 7) is 2.90. The molecule has 0 bridgehead atoms. The van der Waals surface area contributed by atoms with Crippen LogP contribution in [0.15, 0.2) is 11.1 Å². The van der Waals surface area contributed by atoms with E-state index in [-0.39, 0.29) is 11.1 Å². The van der Waals surface area contributed by atoms with E-state index in [2.05, 4.69) is 0 Å². The van der Waals surface area contributed by atoms with Crippen LogP contribution in [0.5, 0.6) is 0 Å².